The van der Waals surface area contributed by atoms with Crippen LogP contribution in [0.3, 0.4) is 0 Å². The van der Waals surface area contributed by atoms with Crippen LogP contribution >= 0.6 is 15.9 Å². The lowest BCUT2D eigenvalue weighted by atomic mass is 10.1. The first kappa shape index (κ1) is 16.4. The molecule has 1 unspecified atom stereocenters. The highest BCUT2D eigenvalue weighted by Crippen LogP contribution is 2.21. The van der Waals surface area contributed by atoms with E-state index in [2.05, 4.69) is 32.6 Å². The number of benzene rings is 1. The van der Waals surface area contributed by atoms with Crippen LogP contribution in [0.15, 0.2) is 41.4 Å². The van der Waals surface area contributed by atoms with E-state index in [1.165, 1.54) is 0 Å². The summed E-state index contributed by atoms with van der Waals surface area (Å²) in [4.78, 5) is 4.48. The van der Waals surface area contributed by atoms with Crippen molar-refractivity contribution in [2.75, 3.05) is 11.9 Å². The van der Waals surface area contributed by atoms with E-state index >= 15 is 0 Å². The fourth-order valence-corrected chi connectivity index (χ4v) is 3.73. The van der Waals surface area contributed by atoms with Crippen LogP contribution in [0.1, 0.15) is 19.8 Å². The Morgan fingerprint density at radius 2 is 2.10 bits per heavy atom. The van der Waals surface area contributed by atoms with Gasteiger partial charge in [-0.1, -0.05) is 28.9 Å². The maximum Gasteiger partial charge on any atom is 0.241 e. The summed E-state index contributed by atoms with van der Waals surface area (Å²) in [7, 11) is -3.49. The average Bonchev–Trinajstić information content (AvgIpc) is 2.50. The van der Waals surface area contributed by atoms with Crippen molar-refractivity contribution in [3.8, 4) is 0 Å². The Labute approximate surface area is 134 Å². The van der Waals surface area contributed by atoms with E-state index in [1.54, 1.807) is 30.5 Å². The number of sulfonamides is 1. The van der Waals surface area contributed by atoms with Gasteiger partial charge in [0.05, 0.1) is 10.4 Å². The SMILES string of the molecule is CC(CBr)CCCNS(=O)(=O)c1cccc2ncccc12. The zero-order valence-corrected chi connectivity index (χ0v) is 14.3. The standard InChI is InChI=1S/C15H19BrN2O2S/c1-12(11-16)5-3-10-18-21(19,20)15-8-2-7-14-13(15)6-4-9-17-14/h2,4,6-9,12,18H,3,5,10-11H2,1H3. The monoisotopic (exact) mass is 370 g/mol. The molecule has 1 atom stereocenters. The third kappa shape index (κ3) is 4.25. The predicted octanol–water partition coefficient (Wildman–Crippen LogP) is 3.32. The Balaban J connectivity index is 2.11. The molecule has 1 heterocycles. The summed E-state index contributed by atoms with van der Waals surface area (Å²) in [6.07, 6.45) is 3.48. The van der Waals surface area contributed by atoms with Crippen molar-refractivity contribution in [1.29, 1.82) is 0 Å². The lowest BCUT2D eigenvalue weighted by molar-refractivity contribution is 0.547. The summed E-state index contributed by atoms with van der Waals surface area (Å²) >= 11 is 3.42. The number of alkyl halides is 1. The molecule has 0 aliphatic rings. The quantitative estimate of drug-likeness (QED) is 0.600. The molecule has 2 rings (SSSR count). The first-order chi connectivity index (χ1) is 10.0. The zero-order chi connectivity index (χ0) is 15.3. The molecular weight excluding hydrogens is 352 g/mol. The van der Waals surface area contributed by atoms with Crippen molar-refractivity contribution >= 4 is 36.9 Å². The van der Waals surface area contributed by atoms with Crippen molar-refractivity contribution in [2.45, 2.75) is 24.7 Å². The van der Waals surface area contributed by atoms with Crippen LogP contribution < -0.4 is 4.72 Å². The second-order valence-corrected chi connectivity index (χ2v) is 7.51. The second kappa shape index (κ2) is 7.33. The number of nitrogens with one attached hydrogen (secondary N) is 1. The second-order valence-electron chi connectivity index (χ2n) is 5.13. The van der Waals surface area contributed by atoms with Gasteiger partial charge in [-0.15, -0.1) is 0 Å². The van der Waals surface area contributed by atoms with E-state index in [0.717, 1.165) is 18.2 Å². The van der Waals surface area contributed by atoms with Gasteiger partial charge in [-0.2, -0.15) is 0 Å². The number of rotatable bonds is 7. The topological polar surface area (TPSA) is 59.1 Å². The minimum atomic E-state index is -3.49. The summed E-state index contributed by atoms with van der Waals surface area (Å²) in [6.45, 7) is 2.59. The number of hydrogen-bond acceptors (Lipinski definition) is 3. The van der Waals surface area contributed by atoms with Crippen molar-refractivity contribution < 1.29 is 8.42 Å². The Morgan fingerprint density at radius 1 is 1.29 bits per heavy atom. The van der Waals surface area contributed by atoms with Gasteiger partial charge >= 0.3 is 0 Å². The van der Waals surface area contributed by atoms with Gasteiger partial charge in [0.1, 0.15) is 0 Å². The number of halogens is 1. The molecule has 0 aliphatic carbocycles. The first-order valence-electron chi connectivity index (χ1n) is 6.94. The van der Waals surface area contributed by atoms with Gasteiger partial charge in [0.15, 0.2) is 0 Å². The lowest BCUT2D eigenvalue weighted by Crippen LogP contribution is -2.25. The van der Waals surface area contributed by atoms with E-state index in [0.29, 0.717) is 28.3 Å². The summed E-state index contributed by atoms with van der Waals surface area (Å²) in [5.41, 5.74) is 0.688. The van der Waals surface area contributed by atoms with Crippen LogP contribution in [-0.2, 0) is 10.0 Å². The van der Waals surface area contributed by atoms with Crippen LogP contribution in [0.4, 0.5) is 0 Å². The van der Waals surface area contributed by atoms with Gasteiger partial charge < -0.3 is 0 Å². The van der Waals surface area contributed by atoms with Crippen molar-refractivity contribution in [1.82, 2.24) is 9.71 Å². The smallest absolute Gasteiger partial charge is 0.241 e. The van der Waals surface area contributed by atoms with E-state index < -0.39 is 10.0 Å². The van der Waals surface area contributed by atoms with Crippen molar-refractivity contribution in [3.63, 3.8) is 0 Å². The van der Waals surface area contributed by atoms with Crippen LogP contribution in [0, 0.1) is 5.92 Å². The summed E-state index contributed by atoms with van der Waals surface area (Å²) < 4.78 is 27.5. The minimum absolute atomic E-state index is 0.293. The molecule has 114 valence electrons. The van der Waals surface area contributed by atoms with Crippen molar-refractivity contribution in [3.05, 3.63) is 36.5 Å². The Kier molecular flexibility index (Phi) is 5.72. The maximum atomic E-state index is 12.4. The zero-order valence-electron chi connectivity index (χ0n) is 11.9. The number of hydrogen-bond donors (Lipinski definition) is 1. The molecule has 1 aromatic carbocycles. The molecule has 0 saturated heterocycles. The Bertz CT molecular complexity index is 698. The first-order valence-corrected chi connectivity index (χ1v) is 9.54. The largest absolute Gasteiger partial charge is 0.256 e. The van der Waals surface area contributed by atoms with Gasteiger partial charge in [-0.3, -0.25) is 4.98 Å². The molecule has 2 aromatic rings. The molecule has 0 aliphatic heterocycles. The van der Waals surface area contributed by atoms with Gasteiger partial charge in [-0.25, -0.2) is 13.1 Å². The maximum absolute atomic E-state index is 12.4. The number of aromatic nitrogens is 1. The van der Waals surface area contributed by atoms with Crippen LogP contribution in [0.2, 0.25) is 0 Å². The molecular formula is C15H19BrN2O2S. The average molecular weight is 371 g/mol. The van der Waals surface area contributed by atoms with Gasteiger partial charge in [0.25, 0.3) is 0 Å². The summed E-state index contributed by atoms with van der Waals surface area (Å²) in [6, 6.07) is 8.68. The minimum Gasteiger partial charge on any atom is -0.256 e. The van der Waals surface area contributed by atoms with E-state index in [9.17, 15) is 8.42 Å². The van der Waals surface area contributed by atoms with E-state index in [4.69, 9.17) is 0 Å². The highest BCUT2D eigenvalue weighted by molar-refractivity contribution is 9.09. The number of nitrogens with zero attached hydrogens (tertiary/aromatic N) is 1. The third-order valence-electron chi connectivity index (χ3n) is 3.32. The molecule has 1 N–H and O–H groups in total. The fourth-order valence-electron chi connectivity index (χ4n) is 2.12. The molecule has 0 saturated carbocycles. The Morgan fingerprint density at radius 3 is 2.86 bits per heavy atom. The highest BCUT2D eigenvalue weighted by atomic mass is 79.9. The fraction of sp³-hybridized carbons (Fsp3) is 0.400. The molecule has 21 heavy (non-hydrogen) atoms. The molecule has 1 aromatic heterocycles. The normalized spacial score (nSPS) is 13.4. The molecule has 0 radical (unpaired) electrons. The third-order valence-corrected chi connectivity index (χ3v) is 5.95. The Hall–Kier alpha value is -0.980. The molecule has 4 nitrogen and oxygen atoms in total. The summed E-state index contributed by atoms with van der Waals surface area (Å²) in [5.74, 6) is 0.552. The van der Waals surface area contributed by atoms with Gasteiger partial charge in [0, 0.05) is 23.5 Å². The van der Waals surface area contributed by atoms with E-state index in [-0.39, 0.29) is 0 Å². The molecule has 0 fully saturated rings. The number of fused-ring (bicyclic) bond motifs is 1. The molecule has 6 heteroatoms. The lowest BCUT2D eigenvalue weighted by Gasteiger charge is -2.10. The van der Waals surface area contributed by atoms with Crippen LogP contribution in [0.5, 0.6) is 0 Å². The van der Waals surface area contributed by atoms with Gasteiger partial charge in [0.2, 0.25) is 10.0 Å². The molecule has 0 spiro atoms. The molecule has 0 bridgehead atoms. The van der Waals surface area contributed by atoms with Crippen LogP contribution in [-0.4, -0.2) is 25.3 Å². The van der Waals surface area contributed by atoms with Gasteiger partial charge in [-0.05, 0) is 43.0 Å². The van der Waals surface area contributed by atoms with Crippen molar-refractivity contribution in [2.24, 2.45) is 5.92 Å². The number of pyridine rings is 1. The van der Waals surface area contributed by atoms with E-state index in [1.807, 2.05) is 6.07 Å². The van der Waals surface area contributed by atoms with Crippen LogP contribution in [0.25, 0.3) is 10.9 Å². The summed E-state index contributed by atoms with van der Waals surface area (Å²) in [5, 5.41) is 1.59. The predicted molar refractivity (Wildman–Crippen MR) is 89.1 cm³/mol. The highest BCUT2D eigenvalue weighted by Gasteiger charge is 2.16. The molecule has 0 amide bonds.